The van der Waals surface area contributed by atoms with Crippen LogP contribution in [0.3, 0.4) is 0 Å². The summed E-state index contributed by atoms with van der Waals surface area (Å²) >= 11 is 6.00. The minimum Gasteiger partial charge on any atom is -0.364 e. The van der Waals surface area contributed by atoms with Gasteiger partial charge in [0.1, 0.15) is 5.02 Å². The first-order valence-corrected chi connectivity index (χ1v) is 6.62. The third kappa shape index (κ3) is 2.29. The van der Waals surface area contributed by atoms with Crippen molar-refractivity contribution in [2.45, 2.75) is 0 Å². The number of nitrogens with zero attached hydrogens (tertiary/aromatic N) is 3. The summed E-state index contributed by atoms with van der Waals surface area (Å²) in [6.07, 6.45) is 1.44. The normalized spacial score (nSPS) is 10.8. The predicted octanol–water partition coefficient (Wildman–Crippen LogP) is 1.15. The summed E-state index contributed by atoms with van der Waals surface area (Å²) < 4.78 is 1.14. The number of rotatable bonds is 3. The highest BCUT2D eigenvalue weighted by Gasteiger charge is 2.12. The van der Waals surface area contributed by atoms with Crippen LogP contribution < -0.4 is 16.6 Å². The van der Waals surface area contributed by atoms with Crippen molar-refractivity contribution in [3.8, 4) is 0 Å². The van der Waals surface area contributed by atoms with Gasteiger partial charge in [-0.3, -0.25) is 14.7 Å². The average molecular weight is 319 g/mol. The van der Waals surface area contributed by atoms with Crippen LogP contribution in [0.2, 0.25) is 5.02 Å². The highest BCUT2D eigenvalue weighted by molar-refractivity contribution is 6.33. The van der Waals surface area contributed by atoms with Crippen molar-refractivity contribution in [2.75, 3.05) is 5.32 Å². The number of fused-ring (bicyclic) bond motifs is 1. The lowest BCUT2D eigenvalue weighted by Gasteiger charge is -2.08. The minimum atomic E-state index is -0.628. The number of aromatic nitrogens is 4. The van der Waals surface area contributed by atoms with E-state index in [0.717, 1.165) is 4.68 Å². The van der Waals surface area contributed by atoms with Crippen LogP contribution in [-0.4, -0.2) is 25.9 Å². The predicted molar refractivity (Wildman–Crippen MR) is 82.4 cm³/mol. The van der Waals surface area contributed by atoms with Crippen molar-refractivity contribution >= 4 is 39.8 Å². The van der Waals surface area contributed by atoms with Gasteiger partial charge in [-0.2, -0.15) is 10.2 Å². The number of aromatic amines is 1. The number of hydrogen-bond acceptors (Lipinski definition) is 5. The first-order valence-electron chi connectivity index (χ1n) is 6.24. The molecule has 8 nitrogen and oxygen atoms in total. The molecule has 22 heavy (non-hydrogen) atoms. The molecule has 0 unspecified atom stereocenters. The minimum absolute atomic E-state index is 0.0277. The van der Waals surface area contributed by atoms with E-state index in [-0.39, 0.29) is 10.7 Å². The fraction of sp³-hybridized carbons (Fsp3) is 0.0769. The molecule has 2 heterocycles. The molecule has 0 aliphatic carbocycles. The van der Waals surface area contributed by atoms with Crippen LogP contribution in [0.25, 0.3) is 10.9 Å². The molecule has 0 atom stereocenters. The van der Waals surface area contributed by atoms with Crippen molar-refractivity contribution in [3.05, 3.63) is 45.5 Å². The third-order valence-electron chi connectivity index (χ3n) is 3.15. The maximum Gasteiger partial charge on any atom is 0.287 e. The second-order valence-corrected chi connectivity index (χ2v) is 5.00. The monoisotopic (exact) mass is 318 g/mol. The van der Waals surface area contributed by atoms with E-state index < -0.39 is 11.5 Å². The Hall–Kier alpha value is -2.87. The van der Waals surface area contributed by atoms with E-state index in [4.69, 9.17) is 17.3 Å². The highest BCUT2D eigenvalue weighted by Crippen LogP contribution is 2.25. The van der Waals surface area contributed by atoms with Gasteiger partial charge >= 0.3 is 0 Å². The largest absolute Gasteiger partial charge is 0.364 e. The standard InChI is InChI=1S/C13H11ClN6O2/c1-20-13(22)10(14)9(5-16-20)17-6-2-3-8-7(4-6)11(12(15)21)19-18-8/h2-5,17H,1H3,(H2,15,21)(H,18,19). The Morgan fingerprint density at radius 1 is 1.45 bits per heavy atom. The summed E-state index contributed by atoms with van der Waals surface area (Å²) in [6, 6.07) is 5.17. The van der Waals surface area contributed by atoms with Gasteiger partial charge in [0.2, 0.25) is 0 Å². The van der Waals surface area contributed by atoms with Gasteiger partial charge in [-0.15, -0.1) is 0 Å². The third-order valence-corrected chi connectivity index (χ3v) is 3.52. The summed E-state index contributed by atoms with van der Waals surface area (Å²) in [6.45, 7) is 0. The van der Waals surface area contributed by atoms with Gasteiger partial charge < -0.3 is 11.1 Å². The molecular weight excluding hydrogens is 308 g/mol. The zero-order valence-corrected chi connectivity index (χ0v) is 12.2. The molecule has 0 radical (unpaired) electrons. The fourth-order valence-corrected chi connectivity index (χ4v) is 2.25. The topological polar surface area (TPSA) is 119 Å². The van der Waals surface area contributed by atoms with Crippen LogP contribution in [0, 0.1) is 0 Å². The number of carbonyl (C=O) groups is 1. The van der Waals surface area contributed by atoms with E-state index in [0.29, 0.717) is 22.3 Å². The van der Waals surface area contributed by atoms with Crippen molar-refractivity contribution in [3.63, 3.8) is 0 Å². The number of carbonyl (C=O) groups excluding carboxylic acids is 1. The summed E-state index contributed by atoms with van der Waals surface area (Å²) in [5.74, 6) is -0.628. The van der Waals surface area contributed by atoms with Gasteiger partial charge in [-0.1, -0.05) is 11.6 Å². The Balaban J connectivity index is 2.04. The molecule has 2 aromatic heterocycles. The molecule has 4 N–H and O–H groups in total. The fourth-order valence-electron chi connectivity index (χ4n) is 2.03. The molecule has 112 valence electrons. The number of primary amides is 1. The number of nitrogens with one attached hydrogen (secondary N) is 2. The highest BCUT2D eigenvalue weighted by atomic mass is 35.5. The number of anilines is 2. The lowest BCUT2D eigenvalue weighted by atomic mass is 10.2. The van der Waals surface area contributed by atoms with Gasteiger partial charge in [0.05, 0.1) is 17.4 Å². The van der Waals surface area contributed by atoms with Gasteiger partial charge in [-0.25, -0.2) is 4.68 Å². The quantitative estimate of drug-likeness (QED) is 0.669. The molecule has 1 aromatic carbocycles. The van der Waals surface area contributed by atoms with Crippen LogP contribution in [0.4, 0.5) is 11.4 Å². The number of amides is 1. The Kier molecular flexibility index (Phi) is 3.30. The zero-order valence-electron chi connectivity index (χ0n) is 11.4. The maximum atomic E-state index is 11.7. The molecule has 0 bridgehead atoms. The number of H-pyrrole nitrogens is 1. The van der Waals surface area contributed by atoms with E-state index >= 15 is 0 Å². The maximum absolute atomic E-state index is 11.7. The number of nitrogens with two attached hydrogens (primary N) is 1. The summed E-state index contributed by atoms with van der Waals surface area (Å²) in [5, 5.41) is 14.1. The molecule has 0 saturated carbocycles. The SMILES string of the molecule is Cn1ncc(Nc2ccc3[nH]nc(C(N)=O)c3c2)c(Cl)c1=O. The molecule has 0 fully saturated rings. The van der Waals surface area contributed by atoms with Crippen molar-refractivity contribution in [1.82, 2.24) is 20.0 Å². The number of halogens is 1. The van der Waals surface area contributed by atoms with Crippen molar-refractivity contribution in [2.24, 2.45) is 12.8 Å². The Labute approximate surface area is 128 Å². The van der Waals surface area contributed by atoms with Gasteiger partial charge in [0.15, 0.2) is 5.69 Å². The summed E-state index contributed by atoms with van der Waals surface area (Å²) in [7, 11) is 1.51. The van der Waals surface area contributed by atoms with Gasteiger partial charge in [0, 0.05) is 18.1 Å². The zero-order chi connectivity index (χ0) is 15.9. The van der Waals surface area contributed by atoms with Gasteiger partial charge in [-0.05, 0) is 18.2 Å². The first-order chi connectivity index (χ1) is 10.5. The van der Waals surface area contributed by atoms with Crippen LogP contribution in [0.5, 0.6) is 0 Å². The molecule has 3 aromatic rings. The Morgan fingerprint density at radius 3 is 2.95 bits per heavy atom. The lowest BCUT2D eigenvalue weighted by Crippen LogP contribution is -2.20. The molecule has 0 saturated heterocycles. The number of hydrogen-bond donors (Lipinski definition) is 3. The van der Waals surface area contributed by atoms with Crippen LogP contribution in [0.15, 0.2) is 29.2 Å². The summed E-state index contributed by atoms with van der Waals surface area (Å²) in [5.41, 5.74) is 6.67. The first kappa shape index (κ1) is 14.1. The van der Waals surface area contributed by atoms with E-state index in [1.54, 1.807) is 18.2 Å². The Bertz CT molecular complexity index is 945. The van der Waals surface area contributed by atoms with E-state index in [1.165, 1.54) is 13.2 Å². The van der Waals surface area contributed by atoms with Crippen molar-refractivity contribution < 1.29 is 4.79 Å². The van der Waals surface area contributed by atoms with E-state index in [1.807, 2.05) is 0 Å². The van der Waals surface area contributed by atoms with E-state index in [2.05, 4.69) is 20.6 Å². The molecule has 1 amide bonds. The van der Waals surface area contributed by atoms with Crippen molar-refractivity contribution in [1.29, 1.82) is 0 Å². The second kappa shape index (κ2) is 5.15. The van der Waals surface area contributed by atoms with Crippen LogP contribution in [0.1, 0.15) is 10.5 Å². The Morgan fingerprint density at radius 2 is 2.23 bits per heavy atom. The molecule has 9 heteroatoms. The van der Waals surface area contributed by atoms with Crippen LogP contribution >= 0.6 is 11.6 Å². The molecule has 0 aliphatic heterocycles. The number of aryl methyl sites for hydroxylation is 1. The lowest BCUT2D eigenvalue weighted by molar-refractivity contribution is 0.0997. The summed E-state index contributed by atoms with van der Waals surface area (Å²) in [4.78, 5) is 23.1. The molecule has 0 spiro atoms. The second-order valence-electron chi connectivity index (χ2n) is 4.62. The van der Waals surface area contributed by atoms with Gasteiger partial charge in [0.25, 0.3) is 11.5 Å². The molecule has 0 aliphatic rings. The van der Waals surface area contributed by atoms with Crippen LogP contribution in [-0.2, 0) is 7.05 Å². The molecular formula is C13H11ClN6O2. The molecule has 3 rings (SSSR count). The van der Waals surface area contributed by atoms with E-state index in [9.17, 15) is 9.59 Å². The average Bonchev–Trinajstić information content (AvgIpc) is 2.91. The number of benzene rings is 1. The smallest absolute Gasteiger partial charge is 0.287 e.